The molecule has 12 nitrogen and oxygen atoms in total. The summed E-state index contributed by atoms with van der Waals surface area (Å²) in [6, 6.07) is 56.3. The van der Waals surface area contributed by atoms with E-state index in [1.807, 2.05) is 25.5 Å². The average Bonchev–Trinajstić information content (AvgIpc) is 1.75. The third-order valence-corrected chi connectivity index (χ3v) is 21.5. The molecule has 4 aliphatic heterocycles. The topological polar surface area (TPSA) is 77.5 Å². The second-order valence-corrected chi connectivity index (χ2v) is 30.6. The first-order valence-corrected chi connectivity index (χ1v) is 38.5. The van der Waals surface area contributed by atoms with E-state index in [0.717, 1.165) is 28.5 Å². The zero-order valence-electron chi connectivity index (χ0n) is 67.8. The number of benzene rings is 6. The molecule has 4 atom stereocenters. The highest BCUT2D eigenvalue weighted by Crippen LogP contribution is 2.46. The van der Waals surface area contributed by atoms with E-state index in [1.165, 1.54) is 123 Å². The van der Waals surface area contributed by atoms with Crippen molar-refractivity contribution in [1.29, 1.82) is 0 Å². The summed E-state index contributed by atoms with van der Waals surface area (Å²) in [5, 5.41) is 0. The minimum atomic E-state index is 0.115. The van der Waals surface area contributed by atoms with Crippen LogP contribution in [-0.4, -0.2) is 44.6 Å². The molecular formula is C95H114N12. The first-order chi connectivity index (χ1) is 51.2. The van der Waals surface area contributed by atoms with E-state index in [-0.39, 0.29) is 24.7 Å². The summed E-state index contributed by atoms with van der Waals surface area (Å²) in [6.45, 7) is 50.6. The molecule has 0 spiro atoms. The van der Waals surface area contributed by atoms with E-state index in [9.17, 15) is 0 Å². The van der Waals surface area contributed by atoms with E-state index >= 15 is 0 Å². The first-order valence-electron chi connectivity index (χ1n) is 38.5. The number of aromatic nitrogens is 4. The van der Waals surface area contributed by atoms with Crippen molar-refractivity contribution in [3.05, 3.63) is 310 Å². The van der Waals surface area contributed by atoms with Crippen molar-refractivity contribution >= 4 is 45.5 Å². The number of anilines is 8. The molecule has 6 aromatic carbocycles. The van der Waals surface area contributed by atoms with Gasteiger partial charge in [0.05, 0.1) is 51.7 Å². The largest absolute Gasteiger partial charge is 0.325 e. The molecule has 0 fully saturated rings. The fraction of sp³-hybridized carbons (Fsp3) is 0.326. The summed E-state index contributed by atoms with van der Waals surface area (Å²) in [4.78, 5) is 37.1. The summed E-state index contributed by atoms with van der Waals surface area (Å²) in [5.41, 5.74) is 33.5. The Hall–Kier alpha value is -10.7. The van der Waals surface area contributed by atoms with Crippen LogP contribution in [0.5, 0.6) is 0 Å². The second kappa shape index (κ2) is 33.4. The molecule has 0 radical (unpaired) electrons. The fourth-order valence-electron chi connectivity index (χ4n) is 16.1. The van der Waals surface area contributed by atoms with Gasteiger partial charge in [-0.05, 0) is 219 Å². The van der Waals surface area contributed by atoms with Gasteiger partial charge in [0.2, 0.25) is 0 Å². The molecule has 0 N–H and O–H groups in total. The Kier molecular flexibility index (Phi) is 24.1. The fourth-order valence-corrected chi connectivity index (χ4v) is 16.1. The van der Waals surface area contributed by atoms with Gasteiger partial charge >= 0.3 is 0 Å². The summed E-state index contributed by atoms with van der Waals surface area (Å²) < 4.78 is 0. The van der Waals surface area contributed by atoms with Crippen LogP contribution in [0.2, 0.25) is 0 Å². The van der Waals surface area contributed by atoms with Gasteiger partial charge in [0.25, 0.3) is 0 Å². The van der Waals surface area contributed by atoms with Crippen LogP contribution in [0.15, 0.2) is 226 Å². The molecule has 107 heavy (non-hydrogen) atoms. The number of rotatable bonds is 14. The van der Waals surface area contributed by atoms with E-state index in [1.54, 1.807) is 0 Å². The highest BCUT2D eigenvalue weighted by atomic mass is 15.4. The zero-order chi connectivity index (χ0) is 76.8. The van der Waals surface area contributed by atoms with Crippen molar-refractivity contribution in [2.45, 2.75) is 208 Å². The predicted molar refractivity (Wildman–Crippen MR) is 456 cm³/mol. The third-order valence-electron chi connectivity index (χ3n) is 21.5. The van der Waals surface area contributed by atoms with Crippen LogP contribution in [-0.2, 0) is 0 Å². The van der Waals surface area contributed by atoms with Gasteiger partial charge in [0, 0.05) is 102 Å². The van der Waals surface area contributed by atoms with Crippen LogP contribution in [0.1, 0.15) is 191 Å². The molecule has 0 aliphatic carbocycles. The second-order valence-electron chi connectivity index (χ2n) is 30.6. The first kappa shape index (κ1) is 77.4. The lowest BCUT2D eigenvalue weighted by molar-refractivity contribution is 0.723. The maximum absolute atomic E-state index is 4.71. The minimum Gasteiger partial charge on any atom is -0.325 e. The molecule has 4 aromatic heterocycles. The Morgan fingerprint density at radius 1 is 0.271 bits per heavy atom. The number of hydrogen-bond acceptors (Lipinski definition) is 12. The smallest absolute Gasteiger partial charge is 0.107 e. The van der Waals surface area contributed by atoms with E-state index in [2.05, 4.69) is 414 Å². The molecule has 0 amide bonds. The molecule has 0 saturated heterocycles. The zero-order valence-corrected chi connectivity index (χ0v) is 67.8. The number of aryl methyl sites for hydroxylation is 11. The molecule has 0 unspecified atom stereocenters. The lowest BCUT2D eigenvalue weighted by Crippen LogP contribution is -2.37. The van der Waals surface area contributed by atoms with Crippen LogP contribution in [0, 0.1) is 76.2 Å². The van der Waals surface area contributed by atoms with Gasteiger partial charge in [-0.25, -0.2) is 0 Å². The lowest BCUT2D eigenvalue weighted by Gasteiger charge is -2.35. The Morgan fingerprint density at radius 2 is 0.589 bits per heavy atom. The van der Waals surface area contributed by atoms with Gasteiger partial charge in [-0.3, -0.25) is 19.9 Å². The lowest BCUT2D eigenvalue weighted by atomic mass is 9.92. The van der Waals surface area contributed by atoms with E-state index in [4.69, 9.17) is 4.98 Å². The number of pyridine rings is 4. The van der Waals surface area contributed by atoms with Gasteiger partial charge < -0.3 is 39.2 Å². The highest BCUT2D eigenvalue weighted by Gasteiger charge is 2.35. The maximum atomic E-state index is 4.71. The quantitative estimate of drug-likeness (QED) is 0.104. The van der Waals surface area contributed by atoms with Gasteiger partial charge in [0.15, 0.2) is 0 Å². The Labute approximate surface area is 640 Å². The SMILES string of the molecule is Cc1cc(C)c(N2C=CN(c3c(C(C)C)cccc3C(C)C)[C@H]2C)c(C)n1.Cc1cc(C)c(N2C=CN(c3c(C)cccc3C)[C@H]2C)cn1.Cc1ccnc(C)c1N1C=CN(c2c(-c3ccccc3)cccc2-c2ccccc2)[C@H]1C.Cc1ccnc(C)c1N1C=CN(c2c(C(C)C)cccc2C(C)C)[C@H]1C. The van der Waals surface area contributed by atoms with E-state index in [0.29, 0.717) is 23.7 Å². The number of para-hydroxylation sites is 4. The molecule has 12 heteroatoms. The van der Waals surface area contributed by atoms with Gasteiger partial charge in [-0.15, -0.1) is 0 Å². The number of nitrogens with zero attached hydrogens (tertiary/aromatic N) is 12. The van der Waals surface area contributed by atoms with Crippen LogP contribution in [0.25, 0.3) is 22.3 Å². The molecule has 4 aliphatic rings. The van der Waals surface area contributed by atoms with E-state index < -0.39 is 0 Å². The van der Waals surface area contributed by atoms with Crippen molar-refractivity contribution < 1.29 is 0 Å². The average molecular weight is 1420 g/mol. The van der Waals surface area contributed by atoms with Crippen LogP contribution in [0.3, 0.4) is 0 Å². The Morgan fingerprint density at radius 3 is 0.963 bits per heavy atom. The van der Waals surface area contributed by atoms with Crippen molar-refractivity contribution in [1.82, 2.24) is 19.9 Å². The molecule has 0 saturated carbocycles. The van der Waals surface area contributed by atoms with Crippen molar-refractivity contribution in [3.8, 4) is 22.3 Å². The monoisotopic (exact) mass is 1420 g/mol. The van der Waals surface area contributed by atoms with Crippen LogP contribution >= 0.6 is 0 Å². The summed E-state index contributed by atoms with van der Waals surface area (Å²) in [6.07, 6.45) is 24.1. The standard InChI is InChI=1S/C29H27N3.C24H33N3.C23H31N3.C19H23N3/c1-21-17-18-30-22(2)28(21)31-19-20-32(23(31)3)29-26(24-11-6-4-7-12-24)15-10-16-27(29)25-13-8-5-9-14-25;1-15(2)21-10-9-11-22(16(3)4)24(21)27-13-12-26(20(27)8)23-17(5)14-18(6)25-19(23)7;1-15(2)20-9-8-10-21(16(3)4)23(20)26-14-13-25(19(26)7)22-17(5)11-12-24-18(22)6;1-13-7-6-8-14(2)19(13)22-10-9-21(17(22)5)18-12-20-16(4)11-15(18)3/h4-20,23H,1-3H3;9-16,20H,1-8H3;8-16,19H,1-7H3;6-12,17H,1-5H3/t23-;20-;19-;17-/m0000/s1. The van der Waals surface area contributed by atoms with Crippen LogP contribution < -0.4 is 39.2 Å². The van der Waals surface area contributed by atoms with Gasteiger partial charge in [-0.2, -0.15) is 0 Å². The summed E-state index contributed by atoms with van der Waals surface area (Å²) >= 11 is 0. The molecule has 0 bridgehead atoms. The summed E-state index contributed by atoms with van der Waals surface area (Å²) in [5.74, 6) is 1.94. The van der Waals surface area contributed by atoms with Crippen LogP contribution in [0.4, 0.5) is 45.5 Å². The number of hydrogen-bond donors (Lipinski definition) is 0. The Balaban J connectivity index is 0.000000143. The van der Waals surface area contributed by atoms with Gasteiger partial charge in [0.1, 0.15) is 24.7 Å². The van der Waals surface area contributed by atoms with Crippen molar-refractivity contribution in [3.63, 3.8) is 0 Å². The molecular weight excluding hydrogens is 1310 g/mol. The molecule has 554 valence electrons. The molecule has 10 aromatic rings. The highest BCUT2D eigenvalue weighted by molar-refractivity contribution is 5.93. The Bertz CT molecular complexity index is 4700. The summed E-state index contributed by atoms with van der Waals surface area (Å²) in [7, 11) is 0. The maximum Gasteiger partial charge on any atom is 0.107 e. The predicted octanol–water partition coefficient (Wildman–Crippen LogP) is 24.1. The molecule has 14 rings (SSSR count). The third kappa shape index (κ3) is 16.2. The normalized spacial score (nSPS) is 16.6. The molecule has 8 heterocycles. The minimum absolute atomic E-state index is 0.115. The van der Waals surface area contributed by atoms with Crippen molar-refractivity contribution in [2.75, 3.05) is 39.2 Å². The van der Waals surface area contributed by atoms with Gasteiger partial charge in [-0.1, -0.05) is 189 Å². The van der Waals surface area contributed by atoms with Crippen molar-refractivity contribution in [2.24, 2.45) is 0 Å².